The summed E-state index contributed by atoms with van der Waals surface area (Å²) >= 11 is 3.32. The monoisotopic (exact) mass is 271 g/mol. The molecule has 0 saturated carbocycles. The van der Waals surface area contributed by atoms with E-state index in [2.05, 4.69) is 26.6 Å². The van der Waals surface area contributed by atoms with E-state index in [9.17, 15) is 4.79 Å². The van der Waals surface area contributed by atoms with Gasteiger partial charge in [0.2, 0.25) is 0 Å². The van der Waals surface area contributed by atoms with E-state index in [1.165, 1.54) is 0 Å². The third kappa shape index (κ3) is 4.80. The standard InChI is InChI=1S/C10H14BrN3O/c11-8-2-4-9(5-3-8)14-10(15)13-7-1-6-12/h2-5H,1,6-7,12H2,(H2,13,14,15). The molecule has 0 aliphatic carbocycles. The lowest BCUT2D eigenvalue weighted by atomic mass is 10.3. The summed E-state index contributed by atoms with van der Waals surface area (Å²) in [7, 11) is 0. The van der Waals surface area contributed by atoms with Gasteiger partial charge >= 0.3 is 6.03 Å². The highest BCUT2D eigenvalue weighted by atomic mass is 79.9. The van der Waals surface area contributed by atoms with Crippen LogP contribution in [0, 0.1) is 0 Å². The molecule has 0 fully saturated rings. The fraction of sp³-hybridized carbons (Fsp3) is 0.300. The van der Waals surface area contributed by atoms with Gasteiger partial charge in [0, 0.05) is 16.7 Å². The molecule has 0 unspecified atom stereocenters. The molecule has 4 N–H and O–H groups in total. The van der Waals surface area contributed by atoms with Crippen molar-refractivity contribution >= 4 is 27.6 Å². The van der Waals surface area contributed by atoms with Crippen molar-refractivity contribution in [2.75, 3.05) is 18.4 Å². The largest absolute Gasteiger partial charge is 0.338 e. The predicted octanol–water partition coefficient (Wildman–Crippen LogP) is 1.92. The fourth-order valence-corrected chi connectivity index (χ4v) is 1.28. The minimum Gasteiger partial charge on any atom is -0.338 e. The third-order valence-electron chi connectivity index (χ3n) is 1.77. The summed E-state index contributed by atoms with van der Waals surface area (Å²) in [5.74, 6) is 0. The quantitative estimate of drug-likeness (QED) is 0.733. The number of carbonyl (C=O) groups is 1. The summed E-state index contributed by atoms with van der Waals surface area (Å²) in [4.78, 5) is 11.3. The van der Waals surface area contributed by atoms with Gasteiger partial charge in [-0.2, -0.15) is 0 Å². The molecule has 1 rings (SSSR count). The van der Waals surface area contributed by atoms with Gasteiger partial charge in [0.1, 0.15) is 0 Å². The third-order valence-corrected chi connectivity index (χ3v) is 2.30. The topological polar surface area (TPSA) is 67.1 Å². The first-order chi connectivity index (χ1) is 7.22. The van der Waals surface area contributed by atoms with E-state index in [4.69, 9.17) is 5.73 Å². The average Bonchev–Trinajstić information content (AvgIpc) is 2.22. The number of benzene rings is 1. The Morgan fingerprint density at radius 1 is 1.33 bits per heavy atom. The Hall–Kier alpha value is -1.07. The summed E-state index contributed by atoms with van der Waals surface area (Å²) in [5, 5.41) is 5.42. The van der Waals surface area contributed by atoms with E-state index < -0.39 is 0 Å². The lowest BCUT2D eigenvalue weighted by Crippen LogP contribution is -2.30. The Bertz CT molecular complexity index is 313. The summed E-state index contributed by atoms with van der Waals surface area (Å²) in [6, 6.07) is 7.19. The fourth-order valence-electron chi connectivity index (χ4n) is 1.01. The van der Waals surface area contributed by atoms with Gasteiger partial charge in [-0.25, -0.2) is 4.79 Å². The molecular formula is C10H14BrN3O. The first-order valence-electron chi connectivity index (χ1n) is 4.73. The number of nitrogens with two attached hydrogens (primary N) is 1. The summed E-state index contributed by atoms with van der Waals surface area (Å²) < 4.78 is 0.983. The highest BCUT2D eigenvalue weighted by molar-refractivity contribution is 9.10. The van der Waals surface area contributed by atoms with E-state index in [0.29, 0.717) is 13.1 Å². The van der Waals surface area contributed by atoms with Crippen LogP contribution in [0.4, 0.5) is 10.5 Å². The number of rotatable bonds is 4. The van der Waals surface area contributed by atoms with Crippen LogP contribution in [0.5, 0.6) is 0 Å². The van der Waals surface area contributed by atoms with Crippen LogP contribution in [0.15, 0.2) is 28.7 Å². The van der Waals surface area contributed by atoms with Crippen molar-refractivity contribution in [1.82, 2.24) is 5.32 Å². The maximum Gasteiger partial charge on any atom is 0.319 e. The lowest BCUT2D eigenvalue weighted by Gasteiger charge is -2.06. The van der Waals surface area contributed by atoms with Gasteiger partial charge < -0.3 is 16.4 Å². The van der Waals surface area contributed by atoms with E-state index in [-0.39, 0.29) is 6.03 Å². The number of hydrogen-bond donors (Lipinski definition) is 3. The molecule has 4 nitrogen and oxygen atoms in total. The minimum absolute atomic E-state index is 0.203. The van der Waals surface area contributed by atoms with E-state index in [0.717, 1.165) is 16.6 Å². The van der Waals surface area contributed by atoms with E-state index in [1.54, 1.807) is 0 Å². The van der Waals surface area contributed by atoms with Gasteiger partial charge in [0.05, 0.1) is 0 Å². The molecule has 0 aromatic heterocycles. The van der Waals surface area contributed by atoms with Crippen molar-refractivity contribution in [3.8, 4) is 0 Å². The number of urea groups is 1. The van der Waals surface area contributed by atoms with E-state index >= 15 is 0 Å². The van der Waals surface area contributed by atoms with Gasteiger partial charge in [-0.05, 0) is 37.2 Å². The number of nitrogens with one attached hydrogen (secondary N) is 2. The first kappa shape index (κ1) is 12.0. The van der Waals surface area contributed by atoms with Crippen LogP contribution in [0.1, 0.15) is 6.42 Å². The second-order valence-electron chi connectivity index (χ2n) is 3.03. The Labute approximate surface area is 97.4 Å². The molecule has 0 heterocycles. The highest BCUT2D eigenvalue weighted by Gasteiger charge is 1.99. The number of carbonyl (C=O) groups excluding carboxylic acids is 1. The lowest BCUT2D eigenvalue weighted by molar-refractivity contribution is 0.252. The van der Waals surface area contributed by atoms with Crippen LogP contribution in [0.2, 0.25) is 0 Å². The number of anilines is 1. The van der Waals surface area contributed by atoms with Crippen molar-refractivity contribution in [2.24, 2.45) is 5.73 Å². The number of halogens is 1. The molecule has 0 aliphatic rings. The summed E-state index contributed by atoms with van der Waals surface area (Å²) in [6.07, 6.45) is 0.785. The smallest absolute Gasteiger partial charge is 0.319 e. The molecule has 2 amide bonds. The Morgan fingerprint density at radius 2 is 2.00 bits per heavy atom. The molecular weight excluding hydrogens is 258 g/mol. The van der Waals surface area contributed by atoms with Gasteiger partial charge in [-0.3, -0.25) is 0 Å². The molecule has 0 saturated heterocycles. The summed E-state index contributed by atoms with van der Waals surface area (Å²) in [6.45, 7) is 1.18. The van der Waals surface area contributed by atoms with Crippen LogP contribution in [-0.4, -0.2) is 19.1 Å². The normalized spacial score (nSPS) is 9.73. The SMILES string of the molecule is NCCCNC(=O)Nc1ccc(Br)cc1. The van der Waals surface area contributed by atoms with E-state index in [1.807, 2.05) is 24.3 Å². The van der Waals surface area contributed by atoms with Crippen molar-refractivity contribution < 1.29 is 4.79 Å². The molecule has 0 bridgehead atoms. The molecule has 1 aromatic rings. The minimum atomic E-state index is -0.203. The summed E-state index contributed by atoms with van der Waals surface area (Å²) in [5.41, 5.74) is 6.07. The molecule has 0 radical (unpaired) electrons. The number of hydrogen-bond acceptors (Lipinski definition) is 2. The maximum atomic E-state index is 11.3. The van der Waals surface area contributed by atoms with Crippen molar-refractivity contribution in [2.45, 2.75) is 6.42 Å². The van der Waals surface area contributed by atoms with Gasteiger partial charge in [-0.1, -0.05) is 15.9 Å². The van der Waals surface area contributed by atoms with Crippen LogP contribution in [0.3, 0.4) is 0 Å². The Morgan fingerprint density at radius 3 is 2.60 bits per heavy atom. The predicted molar refractivity (Wildman–Crippen MR) is 64.8 cm³/mol. The zero-order valence-corrected chi connectivity index (χ0v) is 9.88. The molecule has 15 heavy (non-hydrogen) atoms. The average molecular weight is 272 g/mol. The highest BCUT2D eigenvalue weighted by Crippen LogP contribution is 2.13. The molecule has 1 aromatic carbocycles. The second-order valence-corrected chi connectivity index (χ2v) is 3.95. The first-order valence-corrected chi connectivity index (χ1v) is 5.52. The molecule has 0 atom stereocenters. The van der Waals surface area contributed by atoms with Crippen LogP contribution in [0.25, 0.3) is 0 Å². The molecule has 0 spiro atoms. The van der Waals surface area contributed by atoms with Gasteiger partial charge in [0.25, 0.3) is 0 Å². The Balaban J connectivity index is 2.34. The van der Waals surface area contributed by atoms with Gasteiger partial charge in [-0.15, -0.1) is 0 Å². The van der Waals surface area contributed by atoms with Crippen LogP contribution in [-0.2, 0) is 0 Å². The molecule has 5 heteroatoms. The van der Waals surface area contributed by atoms with Crippen molar-refractivity contribution in [1.29, 1.82) is 0 Å². The van der Waals surface area contributed by atoms with Crippen molar-refractivity contribution in [3.05, 3.63) is 28.7 Å². The second kappa shape index (κ2) is 6.42. The van der Waals surface area contributed by atoms with Crippen LogP contribution >= 0.6 is 15.9 Å². The zero-order chi connectivity index (χ0) is 11.1. The van der Waals surface area contributed by atoms with Gasteiger partial charge in [0.15, 0.2) is 0 Å². The maximum absolute atomic E-state index is 11.3. The Kier molecular flexibility index (Phi) is 5.14. The molecule has 0 aliphatic heterocycles. The number of amides is 2. The zero-order valence-electron chi connectivity index (χ0n) is 8.29. The molecule has 82 valence electrons. The van der Waals surface area contributed by atoms with Crippen LogP contribution < -0.4 is 16.4 Å². The van der Waals surface area contributed by atoms with Crippen molar-refractivity contribution in [3.63, 3.8) is 0 Å².